The van der Waals surface area contributed by atoms with Crippen molar-refractivity contribution >= 4 is 14.0 Å². The van der Waals surface area contributed by atoms with E-state index >= 15 is 0 Å². The van der Waals surface area contributed by atoms with Gasteiger partial charge in [-0.3, -0.25) is 4.79 Å². The molecule has 0 aliphatic carbocycles. The lowest BCUT2D eigenvalue weighted by Gasteiger charge is -2.23. The van der Waals surface area contributed by atoms with Crippen molar-refractivity contribution < 1.29 is 9.53 Å². The van der Waals surface area contributed by atoms with Crippen LogP contribution in [0.5, 0.6) is 0 Å². The highest BCUT2D eigenvalue weighted by molar-refractivity contribution is 6.84. The topological polar surface area (TPSA) is 26.3 Å². The number of carbonyl (C=O) groups is 1. The van der Waals surface area contributed by atoms with Crippen LogP contribution < -0.4 is 0 Å². The zero-order valence-electron chi connectivity index (χ0n) is 14.7. The first-order valence-corrected chi connectivity index (χ1v) is 11.6. The van der Waals surface area contributed by atoms with E-state index in [0.717, 1.165) is 12.8 Å². The summed E-state index contributed by atoms with van der Waals surface area (Å²) in [6.07, 6.45) is 11.6. The second-order valence-electron chi connectivity index (χ2n) is 6.06. The fourth-order valence-corrected chi connectivity index (χ4v) is 5.65. The maximum absolute atomic E-state index is 10.9. The molecule has 0 aliphatic heterocycles. The molecule has 0 aromatic carbocycles. The largest absolute Gasteiger partial charge is 0.469 e. The first-order valence-electron chi connectivity index (χ1n) is 8.88. The summed E-state index contributed by atoms with van der Waals surface area (Å²) in [7, 11) is 0.419. The van der Waals surface area contributed by atoms with Gasteiger partial charge in [0, 0.05) is 6.42 Å². The van der Waals surface area contributed by atoms with Crippen molar-refractivity contribution in [2.24, 2.45) is 0 Å². The van der Waals surface area contributed by atoms with E-state index in [4.69, 9.17) is 0 Å². The number of rotatable bonds is 13. The van der Waals surface area contributed by atoms with Crippen molar-refractivity contribution in [2.45, 2.75) is 90.3 Å². The third kappa shape index (κ3) is 9.89. The summed E-state index contributed by atoms with van der Waals surface area (Å²) >= 11 is 0. The van der Waals surface area contributed by atoms with Crippen molar-refractivity contribution in [1.82, 2.24) is 0 Å². The SMILES string of the molecule is CC[Si](/C=C/CCCCCCCCC(=O)OC)(CC)CC. The fraction of sp³-hybridized carbons (Fsp3) is 0.833. The first kappa shape index (κ1) is 20.4. The maximum atomic E-state index is 10.9. The number of ether oxygens (including phenoxy) is 1. The molecule has 0 bridgehead atoms. The number of hydrogen-bond acceptors (Lipinski definition) is 2. The van der Waals surface area contributed by atoms with E-state index in [1.54, 1.807) is 0 Å². The minimum atomic E-state index is -1.04. The highest BCUT2D eigenvalue weighted by atomic mass is 28.3. The van der Waals surface area contributed by atoms with E-state index in [1.807, 2.05) is 0 Å². The maximum Gasteiger partial charge on any atom is 0.305 e. The van der Waals surface area contributed by atoms with Gasteiger partial charge in [0.15, 0.2) is 0 Å². The quantitative estimate of drug-likeness (QED) is 0.241. The minimum absolute atomic E-state index is 0.0736. The summed E-state index contributed by atoms with van der Waals surface area (Å²) in [6.45, 7) is 7.08. The van der Waals surface area contributed by atoms with Crippen LogP contribution in [0.3, 0.4) is 0 Å². The highest BCUT2D eigenvalue weighted by Gasteiger charge is 2.22. The Kier molecular flexibility index (Phi) is 12.8. The normalized spacial score (nSPS) is 12.0. The van der Waals surface area contributed by atoms with Crippen LogP contribution in [-0.4, -0.2) is 21.2 Å². The van der Waals surface area contributed by atoms with Gasteiger partial charge >= 0.3 is 5.97 Å². The molecule has 0 saturated heterocycles. The number of methoxy groups -OCH3 is 1. The van der Waals surface area contributed by atoms with Gasteiger partial charge in [-0.15, -0.1) is 0 Å². The molecule has 0 saturated carbocycles. The van der Waals surface area contributed by atoms with Crippen LogP contribution in [0.2, 0.25) is 18.1 Å². The van der Waals surface area contributed by atoms with E-state index in [-0.39, 0.29) is 5.97 Å². The van der Waals surface area contributed by atoms with Crippen molar-refractivity contribution in [1.29, 1.82) is 0 Å². The predicted octanol–water partition coefficient (Wildman–Crippen LogP) is 5.88. The van der Waals surface area contributed by atoms with Crippen molar-refractivity contribution in [3.8, 4) is 0 Å². The molecular weight excluding hydrogens is 276 g/mol. The van der Waals surface area contributed by atoms with Gasteiger partial charge in [-0.25, -0.2) is 0 Å². The Morgan fingerprint density at radius 3 is 1.95 bits per heavy atom. The molecule has 3 heteroatoms. The molecule has 0 heterocycles. The third-order valence-electron chi connectivity index (χ3n) is 4.81. The molecule has 0 N–H and O–H groups in total. The van der Waals surface area contributed by atoms with E-state index in [9.17, 15) is 4.79 Å². The van der Waals surface area contributed by atoms with Crippen LogP contribution in [-0.2, 0) is 9.53 Å². The molecule has 21 heavy (non-hydrogen) atoms. The predicted molar refractivity (Wildman–Crippen MR) is 95.3 cm³/mol. The highest BCUT2D eigenvalue weighted by Crippen LogP contribution is 2.22. The number of allylic oxidation sites excluding steroid dienone is 1. The number of carbonyl (C=O) groups excluding carboxylic acids is 1. The summed E-state index contributed by atoms with van der Waals surface area (Å²) < 4.78 is 4.63. The van der Waals surface area contributed by atoms with Gasteiger partial charge in [-0.2, -0.15) is 0 Å². The molecular formula is C18H36O2Si. The van der Waals surface area contributed by atoms with Crippen LogP contribution in [0.15, 0.2) is 11.8 Å². The van der Waals surface area contributed by atoms with Crippen molar-refractivity contribution in [3.05, 3.63) is 11.8 Å². The van der Waals surface area contributed by atoms with Crippen LogP contribution in [0.4, 0.5) is 0 Å². The summed E-state index contributed by atoms with van der Waals surface area (Å²) in [5.74, 6) is -0.0736. The van der Waals surface area contributed by atoms with Gasteiger partial charge < -0.3 is 4.74 Å². The molecule has 0 fully saturated rings. The lowest BCUT2D eigenvalue weighted by Crippen LogP contribution is -2.28. The average molecular weight is 313 g/mol. The van der Waals surface area contributed by atoms with E-state index in [2.05, 4.69) is 37.3 Å². The molecule has 0 unspecified atom stereocenters. The van der Waals surface area contributed by atoms with Gasteiger partial charge in [-0.05, 0) is 19.3 Å². The number of unbranched alkanes of at least 4 members (excludes halogenated alkanes) is 6. The van der Waals surface area contributed by atoms with Gasteiger partial charge in [0.2, 0.25) is 0 Å². The Morgan fingerprint density at radius 1 is 0.905 bits per heavy atom. The Hall–Kier alpha value is -0.573. The van der Waals surface area contributed by atoms with E-state index in [1.165, 1.54) is 57.3 Å². The van der Waals surface area contributed by atoms with Crippen LogP contribution in [0.25, 0.3) is 0 Å². The number of esters is 1. The third-order valence-corrected chi connectivity index (χ3v) is 9.98. The lowest BCUT2D eigenvalue weighted by atomic mass is 10.1. The fourth-order valence-electron chi connectivity index (χ4n) is 2.78. The molecule has 0 aromatic heterocycles. The minimum Gasteiger partial charge on any atom is -0.469 e. The van der Waals surface area contributed by atoms with Crippen molar-refractivity contribution in [3.63, 3.8) is 0 Å². The second kappa shape index (κ2) is 13.1. The van der Waals surface area contributed by atoms with E-state index < -0.39 is 8.07 Å². The molecule has 0 aliphatic rings. The molecule has 0 spiro atoms. The second-order valence-corrected chi connectivity index (χ2v) is 11.2. The van der Waals surface area contributed by atoms with E-state index in [0.29, 0.717) is 6.42 Å². The Balaban J connectivity index is 3.53. The Morgan fingerprint density at radius 2 is 1.43 bits per heavy atom. The zero-order chi connectivity index (χ0) is 16.0. The standard InChI is InChI=1S/C18H36O2Si/c1-5-21(6-2,7-3)17-15-13-11-9-8-10-12-14-16-18(19)20-4/h15,17H,5-14,16H2,1-4H3/b17-15+. The molecule has 0 aromatic rings. The molecule has 0 radical (unpaired) electrons. The summed E-state index contributed by atoms with van der Waals surface area (Å²) in [5, 5.41) is 0. The summed E-state index contributed by atoms with van der Waals surface area (Å²) in [5.41, 5.74) is 2.60. The van der Waals surface area contributed by atoms with Gasteiger partial charge in [0.25, 0.3) is 0 Å². The molecule has 124 valence electrons. The van der Waals surface area contributed by atoms with Gasteiger partial charge in [-0.1, -0.05) is 76.4 Å². The smallest absolute Gasteiger partial charge is 0.305 e. The lowest BCUT2D eigenvalue weighted by molar-refractivity contribution is -0.140. The molecule has 0 atom stereocenters. The molecule has 0 amide bonds. The van der Waals surface area contributed by atoms with Crippen LogP contribution in [0, 0.1) is 0 Å². The molecule has 0 rings (SSSR count). The average Bonchev–Trinajstić information content (AvgIpc) is 2.53. The van der Waals surface area contributed by atoms with Crippen molar-refractivity contribution in [2.75, 3.05) is 7.11 Å². The summed E-state index contributed by atoms with van der Waals surface area (Å²) in [6, 6.07) is 4.16. The Bertz CT molecular complexity index is 275. The summed E-state index contributed by atoms with van der Waals surface area (Å²) in [4.78, 5) is 10.9. The zero-order valence-corrected chi connectivity index (χ0v) is 15.7. The van der Waals surface area contributed by atoms with Gasteiger partial charge in [0.05, 0.1) is 15.2 Å². The monoisotopic (exact) mass is 312 g/mol. The van der Waals surface area contributed by atoms with Gasteiger partial charge in [0.1, 0.15) is 0 Å². The number of hydrogen-bond donors (Lipinski definition) is 0. The van der Waals surface area contributed by atoms with Crippen LogP contribution in [0.1, 0.15) is 72.1 Å². The van der Waals surface area contributed by atoms with Crippen LogP contribution >= 0.6 is 0 Å². The molecule has 2 nitrogen and oxygen atoms in total. The first-order chi connectivity index (χ1) is 10.1. The Labute approximate surface area is 133 Å².